The second-order valence-corrected chi connectivity index (χ2v) is 7.46. The summed E-state index contributed by atoms with van der Waals surface area (Å²) in [4.78, 5) is 50.7. The Bertz CT molecular complexity index is 1410. The maximum Gasteiger partial charge on any atom is 0.418 e. The number of halogens is 3. The molecule has 1 atom stereocenters. The van der Waals surface area contributed by atoms with Gasteiger partial charge in [-0.3, -0.25) is 24.1 Å². The van der Waals surface area contributed by atoms with Crippen LogP contribution in [0.1, 0.15) is 29.2 Å². The van der Waals surface area contributed by atoms with Crippen LogP contribution in [0, 0.1) is 6.92 Å². The molecule has 0 saturated heterocycles. The highest BCUT2D eigenvalue weighted by atomic mass is 19.4. The number of H-pyrrole nitrogens is 1. The molecule has 0 saturated carbocycles. The van der Waals surface area contributed by atoms with Gasteiger partial charge in [-0.15, -0.1) is 0 Å². The Morgan fingerprint density at radius 2 is 2.03 bits per heavy atom. The van der Waals surface area contributed by atoms with E-state index in [9.17, 15) is 27.6 Å². The zero-order chi connectivity index (χ0) is 23.9. The second kappa shape index (κ2) is 8.11. The summed E-state index contributed by atoms with van der Waals surface area (Å²) in [6, 6.07) is 5.49. The number of nitrogens with one attached hydrogen (secondary N) is 2. The number of anilines is 1. The fraction of sp³-hybridized carbons (Fsp3) is 0.238. The van der Waals surface area contributed by atoms with Gasteiger partial charge in [0.15, 0.2) is 0 Å². The molecule has 1 unspecified atom stereocenters. The Morgan fingerprint density at radius 3 is 2.76 bits per heavy atom. The minimum Gasteiger partial charge on any atom is -0.311 e. The number of fused-ring (bicyclic) bond motifs is 1. The van der Waals surface area contributed by atoms with E-state index < -0.39 is 34.8 Å². The lowest BCUT2D eigenvalue weighted by atomic mass is 10.00. The molecule has 0 bridgehead atoms. The molecule has 0 aliphatic carbocycles. The number of pyridine rings is 2. The highest BCUT2D eigenvalue weighted by Crippen LogP contribution is 2.33. The summed E-state index contributed by atoms with van der Waals surface area (Å²) in [7, 11) is 1.45. The first-order valence-corrected chi connectivity index (χ1v) is 9.73. The van der Waals surface area contributed by atoms with Crippen LogP contribution in [0.15, 0.2) is 45.0 Å². The molecule has 1 amide bonds. The van der Waals surface area contributed by atoms with Crippen molar-refractivity contribution in [3.63, 3.8) is 0 Å². The van der Waals surface area contributed by atoms with Gasteiger partial charge in [0.2, 0.25) is 5.91 Å². The molecule has 2 N–H and O–H groups in total. The first-order valence-electron chi connectivity index (χ1n) is 9.73. The van der Waals surface area contributed by atoms with E-state index in [2.05, 4.69) is 25.3 Å². The zero-order valence-corrected chi connectivity index (χ0v) is 17.4. The van der Waals surface area contributed by atoms with Gasteiger partial charge in [-0.25, -0.2) is 14.8 Å². The minimum atomic E-state index is -4.56. The van der Waals surface area contributed by atoms with Crippen molar-refractivity contribution in [3.8, 4) is 11.3 Å². The molecule has 3 aromatic heterocycles. The molecule has 0 spiro atoms. The summed E-state index contributed by atoms with van der Waals surface area (Å²) in [5.41, 5.74) is -1.69. The molecule has 170 valence electrons. The second-order valence-electron chi connectivity index (χ2n) is 7.46. The SMILES string of the molecule is Cc1ncc(-c2cccc(NC(=O)CC3C=Nc4c3c(=O)[nH]c(=O)n4C)n2)cc1C(F)(F)F. The summed E-state index contributed by atoms with van der Waals surface area (Å²) >= 11 is 0. The summed E-state index contributed by atoms with van der Waals surface area (Å²) in [5, 5.41) is 2.58. The third-order valence-electron chi connectivity index (χ3n) is 5.19. The number of aromatic nitrogens is 4. The van der Waals surface area contributed by atoms with Crippen LogP contribution in [0.3, 0.4) is 0 Å². The lowest BCUT2D eigenvalue weighted by Crippen LogP contribution is -2.31. The zero-order valence-electron chi connectivity index (χ0n) is 17.4. The van der Waals surface area contributed by atoms with E-state index in [0.29, 0.717) is 0 Å². The van der Waals surface area contributed by atoms with Crippen LogP contribution in [0.25, 0.3) is 11.3 Å². The Hall–Kier alpha value is -4.09. The lowest BCUT2D eigenvalue weighted by Gasteiger charge is -2.12. The van der Waals surface area contributed by atoms with Crippen LogP contribution in [0.5, 0.6) is 0 Å². The van der Waals surface area contributed by atoms with Crippen molar-refractivity contribution in [2.75, 3.05) is 5.32 Å². The smallest absolute Gasteiger partial charge is 0.311 e. The third-order valence-corrected chi connectivity index (χ3v) is 5.19. The summed E-state index contributed by atoms with van der Waals surface area (Å²) < 4.78 is 40.8. The monoisotopic (exact) mass is 458 g/mol. The number of carbonyl (C=O) groups is 1. The summed E-state index contributed by atoms with van der Waals surface area (Å²) in [6.45, 7) is 1.27. The Kier molecular flexibility index (Phi) is 5.44. The normalized spacial score (nSPS) is 14.9. The van der Waals surface area contributed by atoms with E-state index in [0.717, 1.165) is 6.07 Å². The van der Waals surface area contributed by atoms with Gasteiger partial charge in [0, 0.05) is 43.1 Å². The molecule has 3 aromatic rings. The highest BCUT2D eigenvalue weighted by molar-refractivity contribution is 5.94. The van der Waals surface area contributed by atoms with Gasteiger partial charge >= 0.3 is 11.9 Å². The number of aryl methyl sites for hydroxylation is 1. The number of nitrogens with zero attached hydrogens (tertiary/aromatic N) is 4. The highest BCUT2D eigenvalue weighted by Gasteiger charge is 2.33. The largest absolute Gasteiger partial charge is 0.418 e. The van der Waals surface area contributed by atoms with Gasteiger partial charge in [0.25, 0.3) is 5.56 Å². The molecular formula is C21H17F3N6O3. The molecule has 33 heavy (non-hydrogen) atoms. The van der Waals surface area contributed by atoms with Crippen molar-refractivity contribution < 1.29 is 18.0 Å². The molecule has 9 nitrogen and oxygen atoms in total. The first-order chi connectivity index (χ1) is 15.5. The van der Waals surface area contributed by atoms with Crippen molar-refractivity contribution in [2.45, 2.75) is 25.4 Å². The van der Waals surface area contributed by atoms with Gasteiger partial charge in [0.05, 0.1) is 16.8 Å². The standard InChI is InChI=1S/C21H17F3N6O3/c1-10-13(21(22,23)24)6-11(8-25-10)14-4-3-5-15(27-14)28-16(31)7-12-9-26-18-17(12)19(32)29-20(33)30(18)2/h3-6,8-9,12H,7H2,1-2H3,(H,27,28,31)(H,29,32,33). The molecule has 0 aromatic carbocycles. The van der Waals surface area contributed by atoms with Crippen LogP contribution < -0.4 is 16.6 Å². The van der Waals surface area contributed by atoms with E-state index in [4.69, 9.17) is 0 Å². The van der Waals surface area contributed by atoms with Crippen LogP contribution in [0.2, 0.25) is 0 Å². The minimum absolute atomic E-state index is 0.121. The average molecular weight is 458 g/mol. The summed E-state index contributed by atoms with van der Waals surface area (Å²) in [6.07, 6.45) is -2.01. The first kappa shape index (κ1) is 22.1. The lowest BCUT2D eigenvalue weighted by molar-refractivity contribution is -0.138. The van der Waals surface area contributed by atoms with Crippen molar-refractivity contribution in [2.24, 2.45) is 12.0 Å². The fourth-order valence-corrected chi connectivity index (χ4v) is 3.53. The Morgan fingerprint density at radius 1 is 1.27 bits per heavy atom. The average Bonchev–Trinajstić information content (AvgIpc) is 3.16. The van der Waals surface area contributed by atoms with Gasteiger partial charge in [-0.2, -0.15) is 13.2 Å². The molecule has 4 heterocycles. The van der Waals surface area contributed by atoms with Crippen LogP contribution in [-0.4, -0.2) is 31.6 Å². The fourth-order valence-electron chi connectivity index (χ4n) is 3.53. The van der Waals surface area contributed by atoms with Crippen LogP contribution in [0.4, 0.5) is 24.8 Å². The third kappa shape index (κ3) is 4.31. The van der Waals surface area contributed by atoms with Gasteiger partial charge < -0.3 is 5.32 Å². The number of aliphatic imine (C=N–C) groups is 1. The van der Waals surface area contributed by atoms with Crippen molar-refractivity contribution >= 4 is 23.8 Å². The van der Waals surface area contributed by atoms with E-state index in [1.54, 1.807) is 0 Å². The number of aromatic amines is 1. The van der Waals surface area contributed by atoms with Crippen molar-refractivity contribution in [1.29, 1.82) is 0 Å². The molecule has 4 rings (SSSR count). The number of carbonyl (C=O) groups excluding carboxylic acids is 1. The quantitative estimate of drug-likeness (QED) is 0.623. The number of hydrogen-bond acceptors (Lipinski definition) is 6. The Balaban J connectivity index is 1.54. The molecule has 12 heteroatoms. The predicted molar refractivity (Wildman–Crippen MR) is 114 cm³/mol. The number of alkyl halides is 3. The summed E-state index contributed by atoms with van der Waals surface area (Å²) in [5.74, 6) is -0.824. The molecule has 1 aliphatic heterocycles. The predicted octanol–water partition coefficient (Wildman–Crippen LogP) is 2.69. The van der Waals surface area contributed by atoms with E-state index in [1.807, 2.05) is 0 Å². The molecule has 1 aliphatic rings. The Labute approximate surface area is 184 Å². The van der Waals surface area contributed by atoms with Crippen LogP contribution in [-0.2, 0) is 18.0 Å². The van der Waals surface area contributed by atoms with Gasteiger partial charge in [0.1, 0.15) is 11.6 Å². The molecule has 0 radical (unpaired) electrons. The van der Waals surface area contributed by atoms with Crippen LogP contribution >= 0.6 is 0 Å². The molecule has 0 fully saturated rings. The number of amides is 1. The maximum absolute atomic E-state index is 13.2. The number of rotatable bonds is 4. The van der Waals surface area contributed by atoms with Gasteiger partial charge in [-0.1, -0.05) is 6.07 Å². The van der Waals surface area contributed by atoms with Gasteiger partial charge in [-0.05, 0) is 25.1 Å². The van der Waals surface area contributed by atoms with Crippen molar-refractivity contribution in [3.05, 3.63) is 68.1 Å². The van der Waals surface area contributed by atoms with E-state index in [-0.39, 0.29) is 40.6 Å². The van der Waals surface area contributed by atoms with E-state index >= 15 is 0 Å². The maximum atomic E-state index is 13.2. The van der Waals surface area contributed by atoms with Crippen molar-refractivity contribution in [1.82, 2.24) is 19.5 Å². The van der Waals surface area contributed by atoms with E-state index in [1.165, 1.54) is 49.1 Å². The molecular weight excluding hydrogens is 441 g/mol. The topological polar surface area (TPSA) is 122 Å². The number of hydrogen-bond donors (Lipinski definition) is 2.